The Morgan fingerprint density at radius 3 is 2.56 bits per heavy atom. The van der Waals surface area contributed by atoms with E-state index in [0.717, 1.165) is 4.68 Å². The number of hydrogen-bond acceptors (Lipinski definition) is 5. The molecular formula is C16H22N4O4S. The van der Waals surface area contributed by atoms with Crippen molar-refractivity contribution in [2.45, 2.75) is 13.3 Å². The van der Waals surface area contributed by atoms with Gasteiger partial charge in [-0.15, -0.1) is 0 Å². The van der Waals surface area contributed by atoms with Gasteiger partial charge < -0.3 is 5.32 Å². The molecule has 1 heterocycles. The first-order valence-electron chi connectivity index (χ1n) is 7.96. The van der Waals surface area contributed by atoms with Crippen molar-refractivity contribution in [2.24, 2.45) is 7.05 Å². The Bertz CT molecular complexity index is 937. The van der Waals surface area contributed by atoms with Crippen LogP contribution in [0.2, 0.25) is 0 Å². The van der Waals surface area contributed by atoms with E-state index in [4.69, 9.17) is 0 Å². The Labute approximate surface area is 146 Å². The zero-order valence-electron chi connectivity index (χ0n) is 14.5. The number of hydrogen-bond donors (Lipinski definition) is 1. The number of rotatable bonds is 7. The van der Waals surface area contributed by atoms with Crippen LogP contribution in [0, 0.1) is 0 Å². The molecule has 136 valence electrons. The maximum Gasteiger partial charge on any atom is 0.274 e. The van der Waals surface area contributed by atoms with E-state index in [1.165, 1.54) is 18.4 Å². The summed E-state index contributed by atoms with van der Waals surface area (Å²) in [5.74, 6) is -0.350. The molecule has 0 aliphatic rings. The Balaban J connectivity index is 2.06. The van der Waals surface area contributed by atoms with Gasteiger partial charge in [-0.2, -0.15) is 5.10 Å². The van der Waals surface area contributed by atoms with E-state index in [2.05, 4.69) is 10.4 Å². The quantitative estimate of drug-likeness (QED) is 0.712. The minimum absolute atomic E-state index is 0.0454. The minimum atomic E-state index is -3.22. The summed E-state index contributed by atoms with van der Waals surface area (Å²) in [6.07, 6.45) is 0.477. The predicted octanol–water partition coefficient (Wildman–Crippen LogP) is 0.335. The fourth-order valence-electron chi connectivity index (χ4n) is 2.41. The summed E-state index contributed by atoms with van der Waals surface area (Å²) < 4.78 is 25.7. The van der Waals surface area contributed by atoms with E-state index in [1.807, 2.05) is 0 Å². The number of sulfonamides is 1. The van der Waals surface area contributed by atoms with E-state index >= 15 is 0 Å². The first-order valence-corrected chi connectivity index (χ1v) is 9.57. The van der Waals surface area contributed by atoms with Gasteiger partial charge in [0.25, 0.3) is 11.5 Å². The molecule has 9 heteroatoms. The molecule has 1 aromatic carbocycles. The lowest BCUT2D eigenvalue weighted by Gasteiger charge is -2.15. The number of aryl methyl sites for hydroxylation is 1. The summed E-state index contributed by atoms with van der Waals surface area (Å²) in [6, 6.07) is 6.81. The second-order valence-electron chi connectivity index (χ2n) is 5.65. The minimum Gasteiger partial charge on any atom is -0.351 e. The second kappa shape index (κ2) is 7.75. The molecule has 8 nitrogen and oxygen atoms in total. The summed E-state index contributed by atoms with van der Waals surface area (Å²) in [6.45, 7) is 2.21. The lowest BCUT2D eigenvalue weighted by Crippen LogP contribution is -2.33. The molecule has 0 radical (unpaired) electrons. The standard InChI is InChI=1S/C16H22N4O4S/c1-4-25(23,24)19(2)11-7-10-17-15(21)14-12-8-5-6-9-13(12)16(22)20(3)18-14/h5-6,8-9H,4,7,10-11H2,1-3H3,(H,17,21). The normalized spacial score (nSPS) is 11.8. The van der Waals surface area contributed by atoms with Crippen LogP contribution < -0.4 is 10.9 Å². The zero-order valence-corrected chi connectivity index (χ0v) is 15.3. The zero-order chi connectivity index (χ0) is 18.6. The molecule has 0 saturated heterocycles. The topological polar surface area (TPSA) is 101 Å². The van der Waals surface area contributed by atoms with Gasteiger partial charge in [-0.1, -0.05) is 18.2 Å². The first-order chi connectivity index (χ1) is 11.8. The van der Waals surface area contributed by atoms with Gasteiger partial charge in [-0.25, -0.2) is 17.4 Å². The van der Waals surface area contributed by atoms with Crippen LogP contribution in [-0.2, 0) is 17.1 Å². The summed E-state index contributed by atoms with van der Waals surface area (Å²) >= 11 is 0. The molecule has 0 bridgehead atoms. The molecule has 0 spiro atoms. The van der Waals surface area contributed by atoms with Crippen LogP contribution in [0.4, 0.5) is 0 Å². The number of carbonyl (C=O) groups is 1. The number of fused-ring (bicyclic) bond motifs is 1. The van der Waals surface area contributed by atoms with Gasteiger partial charge in [-0.3, -0.25) is 9.59 Å². The van der Waals surface area contributed by atoms with Crippen LogP contribution in [0.1, 0.15) is 23.8 Å². The molecule has 25 heavy (non-hydrogen) atoms. The third-order valence-corrected chi connectivity index (χ3v) is 5.81. The van der Waals surface area contributed by atoms with Crippen molar-refractivity contribution in [2.75, 3.05) is 25.9 Å². The van der Waals surface area contributed by atoms with Crippen LogP contribution in [0.15, 0.2) is 29.1 Å². The highest BCUT2D eigenvalue weighted by atomic mass is 32.2. The van der Waals surface area contributed by atoms with E-state index in [9.17, 15) is 18.0 Å². The largest absolute Gasteiger partial charge is 0.351 e. The van der Waals surface area contributed by atoms with Gasteiger partial charge in [0.1, 0.15) is 0 Å². The van der Waals surface area contributed by atoms with E-state index < -0.39 is 15.9 Å². The molecule has 1 N–H and O–H groups in total. The van der Waals surface area contributed by atoms with E-state index in [1.54, 1.807) is 31.2 Å². The number of nitrogens with zero attached hydrogens (tertiary/aromatic N) is 3. The van der Waals surface area contributed by atoms with E-state index in [0.29, 0.717) is 30.3 Å². The Morgan fingerprint density at radius 1 is 1.28 bits per heavy atom. The lowest BCUT2D eigenvalue weighted by molar-refractivity contribution is 0.0947. The van der Waals surface area contributed by atoms with Gasteiger partial charge in [0.15, 0.2) is 5.69 Å². The molecule has 0 atom stereocenters. The molecular weight excluding hydrogens is 344 g/mol. The van der Waals surface area contributed by atoms with E-state index in [-0.39, 0.29) is 17.0 Å². The molecule has 1 amide bonds. The van der Waals surface area contributed by atoms with Crippen molar-refractivity contribution < 1.29 is 13.2 Å². The molecule has 0 aliphatic carbocycles. The van der Waals surface area contributed by atoms with Crippen molar-refractivity contribution in [1.29, 1.82) is 0 Å². The van der Waals surface area contributed by atoms with Crippen LogP contribution in [0.5, 0.6) is 0 Å². The lowest BCUT2D eigenvalue weighted by atomic mass is 10.1. The van der Waals surface area contributed by atoms with Crippen LogP contribution in [-0.4, -0.2) is 54.3 Å². The summed E-state index contributed by atoms with van der Waals surface area (Å²) in [4.78, 5) is 24.5. The third-order valence-electron chi connectivity index (χ3n) is 3.95. The van der Waals surface area contributed by atoms with Crippen molar-refractivity contribution >= 4 is 26.7 Å². The van der Waals surface area contributed by atoms with Crippen molar-refractivity contribution in [3.63, 3.8) is 0 Å². The predicted molar refractivity (Wildman–Crippen MR) is 96.0 cm³/mol. The monoisotopic (exact) mass is 366 g/mol. The Morgan fingerprint density at radius 2 is 1.92 bits per heavy atom. The molecule has 2 rings (SSSR count). The molecule has 2 aromatic rings. The molecule has 1 aromatic heterocycles. The number of benzene rings is 1. The average Bonchev–Trinajstić information content (AvgIpc) is 2.61. The van der Waals surface area contributed by atoms with Gasteiger partial charge in [0.05, 0.1) is 11.1 Å². The molecule has 0 fully saturated rings. The van der Waals surface area contributed by atoms with Crippen LogP contribution >= 0.6 is 0 Å². The highest BCUT2D eigenvalue weighted by molar-refractivity contribution is 7.89. The Kier molecular flexibility index (Phi) is 5.91. The third kappa shape index (κ3) is 4.23. The first kappa shape index (κ1) is 19.1. The van der Waals surface area contributed by atoms with Crippen LogP contribution in [0.3, 0.4) is 0 Å². The van der Waals surface area contributed by atoms with Crippen molar-refractivity contribution in [3.05, 3.63) is 40.3 Å². The summed E-state index contributed by atoms with van der Waals surface area (Å²) in [5.41, 5.74) is -0.0919. The van der Waals surface area contributed by atoms with Gasteiger partial charge >= 0.3 is 0 Å². The highest BCUT2D eigenvalue weighted by Crippen LogP contribution is 2.12. The number of amides is 1. The van der Waals surface area contributed by atoms with Crippen molar-refractivity contribution in [3.8, 4) is 0 Å². The molecule has 0 aliphatic heterocycles. The number of nitrogens with one attached hydrogen (secondary N) is 1. The fourth-order valence-corrected chi connectivity index (χ4v) is 3.26. The van der Waals surface area contributed by atoms with Gasteiger partial charge in [0.2, 0.25) is 10.0 Å². The van der Waals surface area contributed by atoms with Gasteiger partial charge in [0, 0.05) is 32.6 Å². The van der Waals surface area contributed by atoms with Crippen LogP contribution in [0.25, 0.3) is 10.8 Å². The second-order valence-corrected chi connectivity index (χ2v) is 8.02. The summed E-state index contributed by atoms with van der Waals surface area (Å²) in [7, 11) is -0.207. The van der Waals surface area contributed by atoms with Gasteiger partial charge in [-0.05, 0) is 19.4 Å². The summed E-state index contributed by atoms with van der Waals surface area (Å²) in [5, 5.41) is 7.70. The Hall–Kier alpha value is -2.26. The smallest absolute Gasteiger partial charge is 0.274 e. The maximum absolute atomic E-state index is 12.4. The number of aromatic nitrogens is 2. The highest BCUT2D eigenvalue weighted by Gasteiger charge is 2.16. The molecule has 0 unspecified atom stereocenters. The number of carbonyl (C=O) groups excluding carboxylic acids is 1. The molecule has 0 saturated carbocycles. The van der Waals surface area contributed by atoms with Crippen molar-refractivity contribution in [1.82, 2.24) is 19.4 Å². The fraction of sp³-hybridized carbons (Fsp3) is 0.438. The SMILES string of the molecule is CCS(=O)(=O)N(C)CCCNC(=O)c1nn(C)c(=O)c2ccccc12. The maximum atomic E-state index is 12.4. The average molecular weight is 366 g/mol.